The Bertz CT molecular complexity index is 591. The summed E-state index contributed by atoms with van der Waals surface area (Å²) in [6.07, 6.45) is -0.647. The number of carbonyl (C=O) groups is 1. The lowest BCUT2D eigenvalue weighted by Crippen LogP contribution is -2.40. The number of ether oxygens (including phenoxy) is 1. The third-order valence-corrected chi connectivity index (χ3v) is 4.10. The standard InChI is InChI=1S/C20H33N3O3/c1-7-21-19(22-12-14(2)18(25)26-6)23-13-17(24)15-8-10-16(11-9-15)20(3,4)5/h8-11,14,17,24H,7,12-13H2,1-6H3,(H2,21,22,23). The molecule has 0 aliphatic heterocycles. The highest BCUT2D eigenvalue weighted by Gasteiger charge is 2.15. The van der Waals surface area contributed by atoms with Crippen LogP contribution < -0.4 is 10.6 Å². The maximum atomic E-state index is 11.5. The molecule has 6 nitrogen and oxygen atoms in total. The molecule has 2 unspecified atom stereocenters. The number of carbonyl (C=O) groups excluding carboxylic acids is 1. The van der Waals surface area contributed by atoms with Crippen molar-refractivity contribution in [1.29, 1.82) is 0 Å². The average molecular weight is 364 g/mol. The molecular formula is C20H33N3O3. The zero-order valence-corrected chi connectivity index (χ0v) is 16.8. The Labute approximate surface area is 157 Å². The van der Waals surface area contributed by atoms with E-state index >= 15 is 0 Å². The molecular weight excluding hydrogens is 330 g/mol. The minimum absolute atomic E-state index is 0.0862. The molecule has 0 spiro atoms. The van der Waals surface area contributed by atoms with Crippen molar-refractivity contribution in [3.05, 3.63) is 35.4 Å². The fourth-order valence-electron chi connectivity index (χ4n) is 2.36. The van der Waals surface area contributed by atoms with Gasteiger partial charge in [0, 0.05) is 13.1 Å². The fraction of sp³-hybridized carbons (Fsp3) is 0.600. The van der Waals surface area contributed by atoms with E-state index in [1.54, 1.807) is 6.92 Å². The number of aliphatic hydroxyl groups excluding tert-OH is 1. The van der Waals surface area contributed by atoms with Crippen LogP contribution in [-0.2, 0) is 14.9 Å². The normalized spacial score (nSPS) is 14.5. The first-order valence-corrected chi connectivity index (χ1v) is 9.07. The van der Waals surface area contributed by atoms with E-state index in [9.17, 15) is 9.90 Å². The van der Waals surface area contributed by atoms with Crippen molar-refractivity contribution in [3.8, 4) is 0 Å². The molecule has 3 N–H and O–H groups in total. The summed E-state index contributed by atoms with van der Waals surface area (Å²) >= 11 is 0. The minimum atomic E-state index is -0.647. The van der Waals surface area contributed by atoms with Crippen LogP contribution >= 0.6 is 0 Å². The second kappa shape index (κ2) is 10.2. The van der Waals surface area contributed by atoms with Gasteiger partial charge in [-0.05, 0) is 23.5 Å². The van der Waals surface area contributed by atoms with Crippen LogP contribution in [0.2, 0.25) is 0 Å². The Balaban J connectivity index is 2.66. The Hall–Kier alpha value is -2.08. The number of guanidine groups is 1. The molecule has 1 aromatic rings. The number of aliphatic hydroxyl groups is 1. The number of methoxy groups -OCH3 is 1. The van der Waals surface area contributed by atoms with E-state index in [1.807, 2.05) is 19.1 Å². The lowest BCUT2D eigenvalue weighted by atomic mass is 9.86. The lowest BCUT2D eigenvalue weighted by Gasteiger charge is -2.20. The SMILES string of the molecule is CCNC(=NCC(C)C(=O)OC)NCC(O)c1ccc(C(C)(C)C)cc1. The van der Waals surface area contributed by atoms with Crippen LogP contribution in [0.3, 0.4) is 0 Å². The molecule has 0 saturated heterocycles. The van der Waals surface area contributed by atoms with Crippen LogP contribution in [0.1, 0.15) is 51.8 Å². The lowest BCUT2D eigenvalue weighted by molar-refractivity contribution is -0.144. The van der Waals surface area contributed by atoms with Crippen molar-refractivity contribution in [2.24, 2.45) is 10.9 Å². The summed E-state index contributed by atoms with van der Waals surface area (Å²) in [6.45, 7) is 11.5. The molecule has 0 fully saturated rings. The maximum Gasteiger partial charge on any atom is 0.310 e. The Morgan fingerprint density at radius 1 is 1.23 bits per heavy atom. The monoisotopic (exact) mass is 363 g/mol. The smallest absolute Gasteiger partial charge is 0.310 e. The zero-order valence-electron chi connectivity index (χ0n) is 16.8. The van der Waals surface area contributed by atoms with Gasteiger partial charge < -0.3 is 20.5 Å². The van der Waals surface area contributed by atoms with Crippen molar-refractivity contribution in [3.63, 3.8) is 0 Å². The molecule has 0 aliphatic rings. The van der Waals surface area contributed by atoms with Gasteiger partial charge in [-0.1, -0.05) is 52.0 Å². The number of hydrogen-bond donors (Lipinski definition) is 3. The molecule has 1 rings (SSSR count). The van der Waals surface area contributed by atoms with Gasteiger partial charge in [0.1, 0.15) is 0 Å². The van der Waals surface area contributed by atoms with Gasteiger partial charge in [0.2, 0.25) is 0 Å². The zero-order chi connectivity index (χ0) is 19.7. The fourth-order valence-corrected chi connectivity index (χ4v) is 2.36. The van der Waals surface area contributed by atoms with Gasteiger partial charge in [-0.3, -0.25) is 9.79 Å². The summed E-state index contributed by atoms with van der Waals surface area (Å²) in [5.41, 5.74) is 2.17. The predicted octanol–water partition coefficient (Wildman–Crippen LogP) is 2.38. The van der Waals surface area contributed by atoms with Gasteiger partial charge in [0.05, 0.1) is 25.7 Å². The Kier molecular flexibility index (Phi) is 8.58. The van der Waals surface area contributed by atoms with E-state index in [0.29, 0.717) is 25.6 Å². The summed E-state index contributed by atoms with van der Waals surface area (Å²) in [4.78, 5) is 15.8. The summed E-state index contributed by atoms with van der Waals surface area (Å²) in [6, 6.07) is 8.01. The van der Waals surface area contributed by atoms with Crippen LogP contribution in [-0.4, -0.2) is 43.8 Å². The number of aliphatic imine (C=N–C) groups is 1. The largest absolute Gasteiger partial charge is 0.469 e. The molecule has 26 heavy (non-hydrogen) atoms. The highest BCUT2D eigenvalue weighted by Crippen LogP contribution is 2.23. The van der Waals surface area contributed by atoms with Crippen molar-refractivity contribution in [2.75, 3.05) is 26.7 Å². The van der Waals surface area contributed by atoms with Crippen molar-refractivity contribution < 1.29 is 14.6 Å². The van der Waals surface area contributed by atoms with Crippen molar-refractivity contribution in [1.82, 2.24) is 10.6 Å². The molecule has 0 amide bonds. The molecule has 0 bridgehead atoms. The average Bonchev–Trinajstić information content (AvgIpc) is 2.62. The molecule has 2 atom stereocenters. The van der Waals surface area contributed by atoms with E-state index in [1.165, 1.54) is 12.7 Å². The molecule has 6 heteroatoms. The number of benzene rings is 1. The highest BCUT2D eigenvalue weighted by atomic mass is 16.5. The van der Waals surface area contributed by atoms with Gasteiger partial charge in [0.25, 0.3) is 0 Å². The van der Waals surface area contributed by atoms with Crippen molar-refractivity contribution >= 4 is 11.9 Å². The summed E-state index contributed by atoms with van der Waals surface area (Å²) in [5.74, 6) is -0.0393. The quantitative estimate of drug-likeness (QED) is 0.394. The number of nitrogens with one attached hydrogen (secondary N) is 2. The van der Waals surface area contributed by atoms with Crippen LogP contribution in [0.4, 0.5) is 0 Å². The van der Waals surface area contributed by atoms with E-state index in [-0.39, 0.29) is 17.3 Å². The molecule has 1 aromatic carbocycles. The third-order valence-electron chi connectivity index (χ3n) is 4.10. The molecule has 0 aromatic heterocycles. The molecule has 0 saturated carbocycles. The minimum Gasteiger partial charge on any atom is -0.469 e. The van der Waals surface area contributed by atoms with Gasteiger partial charge >= 0.3 is 5.97 Å². The second-order valence-corrected chi connectivity index (χ2v) is 7.41. The first-order valence-electron chi connectivity index (χ1n) is 9.07. The van der Waals surface area contributed by atoms with Gasteiger partial charge in [-0.25, -0.2) is 0 Å². The first-order chi connectivity index (χ1) is 12.2. The van der Waals surface area contributed by atoms with Gasteiger partial charge in [-0.15, -0.1) is 0 Å². The van der Waals surface area contributed by atoms with Crippen molar-refractivity contribution in [2.45, 2.75) is 46.1 Å². The first kappa shape index (κ1) is 22.0. The van der Waals surface area contributed by atoms with E-state index in [0.717, 1.165) is 5.56 Å². The second-order valence-electron chi connectivity index (χ2n) is 7.41. The Morgan fingerprint density at radius 3 is 2.35 bits per heavy atom. The molecule has 0 heterocycles. The molecule has 0 radical (unpaired) electrons. The molecule has 0 aliphatic carbocycles. The summed E-state index contributed by atoms with van der Waals surface area (Å²) in [7, 11) is 1.37. The van der Waals surface area contributed by atoms with Gasteiger partial charge in [0.15, 0.2) is 5.96 Å². The maximum absolute atomic E-state index is 11.5. The number of hydrogen-bond acceptors (Lipinski definition) is 4. The Morgan fingerprint density at radius 2 is 1.85 bits per heavy atom. The summed E-state index contributed by atoms with van der Waals surface area (Å²) in [5, 5.41) is 16.6. The van der Waals surface area contributed by atoms with Crippen LogP contribution in [0, 0.1) is 5.92 Å². The number of nitrogens with zero attached hydrogens (tertiary/aromatic N) is 1. The van der Waals surface area contributed by atoms with Gasteiger partial charge in [-0.2, -0.15) is 0 Å². The topological polar surface area (TPSA) is 83.0 Å². The van der Waals surface area contributed by atoms with Crippen LogP contribution in [0.15, 0.2) is 29.3 Å². The molecule has 146 valence electrons. The van der Waals surface area contributed by atoms with Crippen LogP contribution in [0.25, 0.3) is 0 Å². The summed E-state index contributed by atoms with van der Waals surface area (Å²) < 4.78 is 4.70. The number of esters is 1. The highest BCUT2D eigenvalue weighted by molar-refractivity contribution is 5.80. The van der Waals surface area contributed by atoms with E-state index < -0.39 is 6.10 Å². The van der Waals surface area contributed by atoms with E-state index in [4.69, 9.17) is 4.74 Å². The van der Waals surface area contributed by atoms with E-state index in [2.05, 4.69) is 48.5 Å². The van der Waals surface area contributed by atoms with Crippen LogP contribution in [0.5, 0.6) is 0 Å². The predicted molar refractivity (Wildman–Crippen MR) is 105 cm³/mol. The third kappa shape index (κ3) is 7.04. The number of rotatable bonds is 7.